The van der Waals surface area contributed by atoms with Crippen LogP contribution in [0.15, 0.2) is 171 Å². The third-order valence-corrected chi connectivity index (χ3v) is 8.67. The van der Waals surface area contributed by atoms with Crippen LogP contribution in [0, 0.1) is 0 Å². The van der Waals surface area contributed by atoms with E-state index in [4.69, 9.17) is 24.9 Å². The number of nitrogens with zero attached hydrogens (tertiary/aromatic N) is 10. The summed E-state index contributed by atoms with van der Waals surface area (Å²) in [5, 5.41) is 0. The van der Waals surface area contributed by atoms with Crippen molar-refractivity contribution in [2.24, 2.45) is 0 Å². The second-order valence-corrected chi connectivity index (χ2v) is 12.3. The van der Waals surface area contributed by atoms with Gasteiger partial charge in [-0.2, -0.15) is 0 Å². The number of hydrogen-bond donors (Lipinski definition) is 0. The lowest BCUT2D eigenvalue weighted by Crippen LogP contribution is -2.00. The Bertz CT molecular complexity index is 2580. The van der Waals surface area contributed by atoms with E-state index in [0.29, 0.717) is 34.3 Å². The summed E-state index contributed by atoms with van der Waals surface area (Å²) in [7, 11) is 0. The van der Waals surface area contributed by atoms with Crippen LogP contribution in [0.25, 0.3) is 90.6 Å². The SMILES string of the molecule is c1ccc(-c2cncc(-c3cccc(-c4cc(-c5cccc(-c6cncc(-c7ccccn7)c6)n5)nc(-c5cccc(-c6cccnc6)n5)n4)n3)c2)nc1. The van der Waals surface area contributed by atoms with Crippen LogP contribution in [0.5, 0.6) is 0 Å². The first-order chi connectivity index (χ1) is 26.7. The largest absolute Gasteiger partial charge is 0.264 e. The van der Waals surface area contributed by atoms with Crippen LogP contribution < -0.4 is 0 Å². The fourth-order valence-corrected chi connectivity index (χ4v) is 6.04. The normalized spacial score (nSPS) is 11.0. The van der Waals surface area contributed by atoms with Crippen LogP contribution in [-0.2, 0) is 0 Å². The monoisotopic (exact) mass is 696 g/mol. The fraction of sp³-hybridized carbons (Fsp3) is 0. The van der Waals surface area contributed by atoms with Gasteiger partial charge in [0.2, 0.25) is 0 Å². The lowest BCUT2D eigenvalue weighted by atomic mass is 10.1. The number of pyridine rings is 8. The summed E-state index contributed by atoms with van der Waals surface area (Å²) in [5.41, 5.74) is 11.5. The predicted molar refractivity (Wildman–Crippen MR) is 208 cm³/mol. The maximum atomic E-state index is 5.07. The van der Waals surface area contributed by atoms with Crippen LogP contribution in [0.1, 0.15) is 0 Å². The van der Waals surface area contributed by atoms with Gasteiger partial charge in [-0.3, -0.25) is 24.9 Å². The highest BCUT2D eigenvalue weighted by molar-refractivity contribution is 5.74. The number of hydrogen-bond acceptors (Lipinski definition) is 10. The first-order valence-electron chi connectivity index (χ1n) is 17.2. The summed E-state index contributed by atoms with van der Waals surface area (Å²) < 4.78 is 0. The van der Waals surface area contributed by atoms with Crippen molar-refractivity contribution < 1.29 is 0 Å². The number of aromatic nitrogens is 10. The Morgan fingerprint density at radius 2 is 0.704 bits per heavy atom. The summed E-state index contributed by atoms with van der Waals surface area (Å²) in [6, 6.07) is 39.0. The Morgan fingerprint density at radius 3 is 1.20 bits per heavy atom. The van der Waals surface area contributed by atoms with Crippen molar-refractivity contribution in [2.45, 2.75) is 0 Å². The molecule has 9 heterocycles. The fourth-order valence-electron chi connectivity index (χ4n) is 6.04. The molecular formula is C44H28N10. The van der Waals surface area contributed by atoms with Crippen LogP contribution in [0.2, 0.25) is 0 Å². The molecule has 0 atom stereocenters. The summed E-state index contributed by atoms with van der Waals surface area (Å²) in [6.07, 6.45) is 14.3. The Balaban J connectivity index is 1.15. The third-order valence-electron chi connectivity index (χ3n) is 8.67. The topological polar surface area (TPSA) is 129 Å². The molecule has 0 saturated carbocycles. The lowest BCUT2D eigenvalue weighted by Gasteiger charge is -2.11. The zero-order valence-corrected chi connectivity index (χ0v) is 28.6. The van der Waals surface area contributed by atoms with Gasteiger partial charge >= 0.3 is 0 Å². The van der Waals surface area contributed by atoms with Crippen molar-refractivity contribution in [3.8, 4) is 90.6 Å². The molecule has 0 aromatic carbocycles. The van der Waals surface area contributed by atoms with Gasteiger partial charge in [-0.1, -0.05) is 30.3 Å². The second kappa shape index (κ2) is 14.5. The maximum Gasteiger partial charge on any atom is 0.179 e. The van der Waals surface area contributed by atoms with Gasteiger partial charge in [-0.05, 0) is 91.0 Å². The van der Waals surface area contributed by atoms with E-state index in [0.717, 1.165) is 56.3 Å². The van der Waals surface area contributed by atoms with Crippen LogP contribution in [-0.4, -0.2) is 49.8 Å². The third kappa shape index (κ3) is 6.82. The highest BCUT2D eigenvalue weighted by Crippen LogP contribution is 2.31. The molecule has 0 fully saturated rings. The average molecular weight is 697 g/mol. The zero-order chi connectivity index (χ0) is 36.1. The predicted octanol–water partition coefficient (Wildman–Crippen LogP) is 8.97. The first-order valence-corrected chi connectivity index (χ1v) is 17.2. The summed E-state index contributed by atoms with van der Waals surface area (Å²) in [5.74, 6) is 0.435. The molecule has 0 amide bonds. The van der Waals surface area contributed by atoms with Gasteiger partial charge in [0, 0.05) is 77.4 Å². The van der Waals surface area contributed by atoms with E-state index in [1.165, 1.54) is 0 Å². The second-order valence-electron chi connectivity index (χ2n) is 12.3. The van der Waals surface area contributed by atoms with Crippen molar-refractivity contribution in [3.05, 3.63) is 171 Å². The molecule has 0 unspecified atom stereocenters. The lowest BCUT2D eigenvalue weighted by molar-refractivity contribution is 1.12. The van der Waals surface area contributed by atoms with E-state index in [9.17, 15) is 0 Å². The Labute approximate surface area is 310 Å². The molecular weight excluding hydrogens is 669 g/mol. The van der Waals surface area contributed by atoms with Crippen molar-refractivity contribution in [3.63, 3.8) is 0 Å². The molecule has 0 aliphatic heterocycles. The average Bonchev–Trinajstić information content (AvgIpc) is 3.27. The molecule has 0 bridgehead atoms. The van der Waals surface area contributed by atoms with Gasteiger partial charge in [-0.15, -0.1) is 0 Å². The summed E-state index contributed by atoms with van der Waals surface area (Å²) in [4.78, 5) is 47.5. The van der Waals surface area contributed by atoms with E-state index in [2.05, 4.69) is 24.9 Å². The van der Waals surface area contributed by atoms with E-state index in [1.807, 2.05) is 121 Å². The van der Waals surface area contributed by atoms with Crippen molar-refractivity contribution >= 4 is 0 Å². The summed E-state index contributed by atoms with van der Waals surface area (Å²) >= 11 is 0. The van der Waals surface area contributed by atoms with Crippen molar-refractivity contribution in [1.82, 2.24) is 49.8 Å². The standard InChI is InChI=1S/C44H28N10/c1-3-19-48-34(10-1)30-21-32(27-46-25-30)37-13-5-15-39(50-37)42-23-43(54-44(53-42)41-17-7-12-36(52-41)29-9-8-18-45-24-29)40-16-6-14-38(51-40)33-22-31(26-47-28-33)35-11-2-4-20-49-35/h1-28H. The van der Waals surface area contributed by atoms with Gasteiger partial charge in [-0.25, -0.2) is 24.9 Å². The molecule has 254 valence electrons. The van der Waals surface area contributed by atoms with Gasteiger partial charge in [0.15, 0.2) is 5.82 Å². The van der Waals surface area contributed by atoms with Gasteiger partial charge < -0.3 is 0 Å². The minimum Gasteiger partial charge on any atom is -0.264 e. The van der Waals surface area contributed by atoms with Gasteiger partial charge in [0.25, 0.3) is 0 Å². The molecule has 0 saturated heterocycles. The molecule has 9 aromatic heterocycles. The number of rotatable bonds is 8. The molecule has 54 heavy (non-hydrogen) atoms. The Morgan fingerprint density at radius 1 is 0.259 bits per heavy atom. The van der Waals surface area contributed by atoms with Gasteiger partial charge in [0.05, 0.1) is 51.2 Å². The Kier molecular flexibility index (Phi) is 8.64. The quantitative estimate of drug-likeness (QED) is 0.152. The van der Waals surface area contributed by atoms with E-state index in [-0.39, 0.29) is 0 Å². The van der Waals surface area contributed by atoms with E-state index in [1.54, 1.807) is 49.6 Å². The summed E-state index contributed by atoms with van der Waals surface area (Å²) in [6.45, 7) is 0. The molecule has 10 nitrogen and oxygen atoms in total. The van der Waals surface area contributed by atoms with Crippen molar-refractivity contribution in [1.29, 1.82) is 0 Å². The molecule has 0 spiro atoms. The van der Waals surface area contributed by atoms with Crippen LogP contribution >= 0.6 is 0 Å². The molecule has 0 N–H and O–H groups in total. The Hall–Kier alpha value is -7.72. The minimum absolute atomic E-state index is 0.435. The molecule has 9 rings (SSSR count). The minimum atomic E-state index is 0.435. The van der Waals surface area contributed by atoms with E-state index < -0.39 is 0 Å². The smallest absolute Gasteiger partial charge is 0.179 e. The highest BCUT2D eigenvalue weighted by Gasteiger charge is 2.16. The van der Waals surface area contributed by atoms with Gasteiger partial charge in [0.1, 0.15) is 5.69 Å². The molecule has 0 radical (unpaired) electrons. The zero-order valence-electron chi connectivity index (χ0n) is 28.6. The molecule has 10 heteroatoms. The molecule has 0 aliphatic carbocycles. The van der Waals surface area contributed by atoms with Crippen molar-refractivity contribution in [2.75, 3.05) is 0 Å². The maximum absolute atomic E-state index is 5.07. The first kappa shape index (κ1) is 32.2. The van der Waals surface area contributed by atoms with Crippen LogP contribution in [0.4, 0.5) is 0 Å². The van der Waals surface area contributed by atoms with Crippen LogP contribution in [0.3, 0.4) is 0 Å². The molecule has 9 aromatic rings. The molecule has 0 aliphatic rings. The van der Waals surface area contributed by atoms with E-state index >= 15 is 0 Å². The highest BCUT2D eigenvalue weighted by atomic mass is 15.0.